The number of rotatable bonds is 10. The Morgan fingerprint density at radius 2 is 2.00 bits per heavy atom. The number of pyridine rings is 1. The average molecular weight is 439 g/mol. The number of unbranched alkanes of at least 4 members (excludes halogenated alkanes) is 1. The van der Waals surface area contributed by atoms with Crippen LogP contribution in [0.25, 0.3) is 5.76 Å². The molecule has 1 aromatic heterocycles. The Morgan fingerprint density at radius 3 is 2.66 bits per heavy atom. The number of amides is 1. The van der Waals surface area contributed by atoms with Crippen LogP contribution in [0.2, 0.25) is 0 Å². The largest absolute Gasteiger partial charge is 0.507 e. The molecule has 32 heavy (non-hydrogen) atoms. The third kappa shape index (κ3) is 4.99. The van der Waals surface area contributed by atoms with E-state index in [9.17, 15) is 14.7 Å². The molecule has 0 aliphatic carbocycles. The van der Waals surface area contributed by atoms with Crippen molar-refractivity contribution in [3.05, 3.63) is 65.0 Å². The van der Waals surface area contributed by atoms with E-state index in [0.717, 1.165) is 24.2 Å². The van der Waals surface area contributed by atoms with Crippen LogP contribution in [0.3, 0.4) is 0 Å². The maximum atomic E-state index is 13.0. The lowest BCUT2D eigenvalue weighted by molar-refractivity contribution is -0.140. The molecule has 2 aromatic rings. The number of aliphatic hydroxyl groups is 1. The maximum absolute atomic E-state index is 13.0. The Labute approximate surface area is 188 Å². The fourth-order valence-corrected chi connectivity index (χ4v) is 3.81. The van der Waals surface area contributed by atoms with Gasteiger partial charge >= 0.3 is 0 Å². The summed E-state index contributed by atoms with van der Waals surface area (Å²) in [6.07, 6.45) is 5.81. The second-order valence-electron chi connectivity index (χ2n) is 7.81. The SMILES string of the molecule is CCCCOc1ccc(C(O)=C2C(=O)C(=O)N(CCCOC)C2c2cccnc2)cc1C. The van der Waals surface area contributed by atoms with Gasteiger partial charge in [0.25, 0.3) is 11.7 Å². The van der Waals surface area contributed by atoms with Gasteiger partial charge in [-0.15, -0.1) is 0 Å². The van der Waals surface area contributed by atoms with Gasteiger partial charge in [-0.1, -0.05) is 19.4 Å². The molecule has 1 aliphatic rings. The van der Waals surface area contributed by atoms with Crippen LogP contribution in [0, 0.1) is 6.92 Å². The van der Waals surface area contributed by atoms with Gasteiger partial charge in [0.15, 0.2) is 0 Å². The van der Waals surface area contributed by atoms with E-state index in [2.05, 4.69) is 11.9 Å². The van der Waals surface area contributed by atoms with Crippen LogP contribution < -0.4 is 4.74 Å². The third-order valence-corrected chi connectivity index (χ3v) is 5.49. The van der Waals surface area contributed by atoms with Gasteiger partial charge in [0.2, 0.25) is 0 Å². The number of hydrogen-bond acceptors (Lipinski definition) is 6. The first-order valence-corrected chi connectivity index (χ1v) is 10.9. The summed E-state index contributed by atoms with van der Waals surface area (Å²) in [5, 5.41) is 11.2. The molecule has 1 aromatic carbocycles. The zero-order valence-corrected chi connectivity index (χ0v) is 18.8. The summed E-state index contributed by atoms with van der Waals surface area (Å²) >= 11 is 0. The minimum Gasteiger partial charge on any atom is -0.507 e. The molecule has 0 spiro atoms. The zero-order chi connectivity index (χ0) is 23.1. The second-order valence-corrected chi connectivity index (χ2v) is 7.81. The number of hydrogen-bond donors (Lipinski definition) is 1. The minimum absolute atomic E-state index is 0.0690. The highest BCUT2D eigenvalue weighted by Crippen LogP contribution is 2.39. The van der Waals surface area contributed by atoms with Crippen molar-refractivity contribution >= 4 is 17.4 Å². The number of Topliss-reactive ketones (excluding diaryl/α,β-unsaturated/α-hetero) is 1. The molecule has 1 fully saturated rings. The molecule has 2 heterocycles. The molecular formula is C25H30N2O5. The number of ether oxygens (including phenoxy) is 2. The molecule has 0 bridgehead atoms. The number of carbonyl (C=O) groups is 2. The molecule has 170 valence electrons. The normalized spacial score (nSPS) is 17.7. The molecule has 0 radical (unpaired) electrons. The summed E-state index contributed by atoms with van der Waals surface area (Å²) in [6.45, 7) is 5.40. The Bertz CT molecular complexity index is 987. The summed E-state index contributed by atoms with van der Waals surface area (Å²) in [5.74, 6) is -0.795. The summed E-state index contributed by atoms with van der Waals surface area (Å²) in [4.78, 5) is 31.5. The summed E-state index contributed by atoms with van der Waals surface area (Å²) in [6, 6.07) is 8.11. The molecule has 1 unspecified atom stereocenters. The molecule has 3 rings (SSSR count). The van der Waals surface area contributed by atoms with Crippen LogP contribution in [-0.2, 0) is 14.3 Å². The molecule has 1 atom stereocenters. The number of aliphatic hydroxyl groups excluding tert-OH is 1. The van der Waals surface area contributed by atoms with Gasteiger partial charge < -0.3 is 19.5 Å². The summed E-state index contributed by atoms with van der Waals surface area (Å²) in [7, 11) is 1.59. The van der Waals surface area contributed by atoms with Gasteiger partial charge in [-0.3, -0.25) is 14.6 Å². The van der Waals surface area contributed by atoms with Gasteiger partial charge in [0.05, 0.1) is 18.2 Å². The van der Waals surface area contributed by atoms with Crippen LogP contribution >= 0.6 is 0 Å². The predicted molar refractivity (Wildman–Crippen MR) is 121 cm³/mol. The second kappa shape index (κ2) is 10.9. The number of carbonyl (C=O) groups excluding carboxylic acids is 2. The Morgan fingerprint density at radius 1 is 1.19 bits per heavy atom. The van der Waals surface area contributed by atoms with Crippen LogP contribution in [0.1, 0.15) is 48.9 Å². The third-order valence-electron chi connectivity index (χ3n) is 5.49. The standard InChI is InChI=1S/C25H30N2O5/c1-4-5-14-32-20-10-9-18(15-17(20)2)23(28)21-22(19-8-6-11-26-16-19)27(12-7-13-31-3)25(30)24(21)29/h6,8-11,15-16,22,28H,4-5,7,12-14H2,1-3H3. The Hall–Kier alpha value is -3.19. The first kappa shape index (κ1) is 23.5. The molecule has 7 heteroatoms. The van der Waals surface area contributed by atoms with Crippen LogP contribution in [0.15, 0.2) is 48.3 Å². The van der Waals surface area contributed by atoms with Crippen LogP contribution in [0.4, 0.5) is 0 Å². The molecular weight excluding hydrogens is 408 g/mol. The van der Waals surface area contributed by atoms with E-state index in [1.54, 1.807) is 49.8 Å². The fourth-order valence-electron chi connectivity index (χ4n) is 3.81. The van der Waals surface area contributed by atoms with Crippen molar-refractivity contribution in [2.45, 2.75) is 39.2 Å². The van der Waals surface area contributed by atoms with E-state index in [1.165, 1.54) is 4.90 Å². The van der Waals surface area contributed by atoms with Gasteiger partial charge in [-0.05, 0) is 55.2 Å². The predicted octanol–water partition coefficient (Wildman–Crippen LogP) is 4.03. The Balaban J connectivity index is 2.01. The topological polar surface area (TPSA) is 89.0 Å². The first-order chi connectivity index (χ1) is 15.5. The smallest absolute Gasteiger partial charge is 0.295 e. The van der Waals surface area contributed by atoms with E-state index < -0.39 is 17.7 Å². The van der Waals surface area contributed by atoms with Crippen molar-refractivity contribution in [2.75, 3.05) is 26.9 Å². The van der Waals surface area contributed by atoms with Gasteiger partial charge in [0, 0.05) is 38.2 Å². The first-order valence-electron chi connectivity index (χ1n) is 10.9. The van der Waals surface area contributed by atoms with Crippen molar-refractivity contribution < 1.29 is 24.2 Å². The van der Waals surface area contributed by atoms with E-state index in [4.69, 9.17) is 9.47 Å². The molecule has 1 N–H and O–H groups in total. The van der Waals surface area contributed by atoms with E-state index in [1.807, 2.05) is 6.92 Å². The maximum Gasteiger partial charge on any atom is 0.295 e. The van der Waals surface area contributed by atoms with Crippen molar-refractivity contribution in [1.82, 2.24) is 9.88 Å². The Kier molecular flexibility index (Phi) is 8.00. The molecule has 1 aliphatic heterocycles. The number of likely N-dealkylation sites (tertiary alicyclic amines) is 1. The van der Waals surface area contributed by atoms with E-state index >= 15 is 0 Å². The van der Waals surface area contributed by atoms with Gasteiger partial charge in [-0.25, -0.2) is 0 Å². The number of aryl methyl sites for hydroxylation is 1. The lowest BCUT2D eigenvalue weighted by Gasteiger charge is -2.25. The number of nitrogens with zero attached hydrogens (tertiary/aromatic N) is 2. The van der Waals surface area contributed by atoms with Crippen LogP contribution in [0.5, 0.6) is 5.75 Å². The number of methoxy groups -OCH3 is 1. The highest BCUT2D eigenvalue weighted by molar-refractivity contribution is 6.46. The summed E-state index contributed by atoms with van der Waals surface area (Å²) in [5.41, 5.74) is 2.05. The quantitative estimate of drug-likeness (QED) is 0.261. The van der Waals surface area contributed by atoms with Crippen molar-refractivity contribution in [3.8, 4) is 5.75 Å². The molecule has 0 saturated carbocycles. The van der Waals surface area contributed by atoms with Crippen molar-refractivity contribution in [3.63, 3.8) is 0 Å². The highest BCUT2D eigenvalue weighted by Gasteiger charge is 2.45. The fraction of sp³-hybridized carbons (Fsp3) is 0.400. The van der Waals surface area contributed by atoms with Crippen LogP contribution in [-0.4, -0.2) is 53.5 Å². The van der Waals surface area contributed by atoms with Crippen molar-refractivity contribution in [1.29, 1.82) is 0 Å². The van der Waals surface area contributed by atoms with Gasteiger partial charge in [0.1, 0.15) is 11.5 Å². The summed E-state index contributed by atoms with van der Waals surface area (Å²) < 4.78 is 10.9. The molecule has 7 nitrogen and oxygen atoms in total. The lowest BCUT2D eigenvalue weighted by atomic mass is 9.95. The number of ketones is 1. The number of benzene rings is 1. The number of aromatic nitrogens is 1. The van der Waals surface area contributed by atoms with E-state index in [-0.39, 0.29) is 11.3 Å². The zero-order valence-electron chi connectivity index (χ0n) is 18.8. The average Bonchev–Trinajstić information content (AvgIpc) is 3.05. The molecule has 1 amide bonds. The minimum atomic E-state index is -0.707. The molecule has 1 saturated heterocycles. The van der Waals surface area contributed by atoms with Crippen molar-refractivity contribution in [2.24, 2.45) is 0 Å². The monoisotopic (exact) mass is 438 g/mol. The van der Waals surface area contributed by atoms with Gasteiger partial charge in [-0.2, -0.15) is 0 Å². The van der Waals surface area contributed by atoms with E-state index in [0.29, 0.717) is 37.3 Å². The lowest BCUT2D eigenvalue weighted by Crippen LogP contribution is -2.31. The highest BCUT2D eigenvalue weighted by atomic mass is 16.5.